The molecule has 1 heterocycles. The van der Waals surface area contributed by atoms with Gasteiger partial charge in [0.15, 0.2) is 0 Å². The summed E-state index contributed by atoms with van der Waals surface area (Å²) in [7, 11) is -4.78. The summed E-state index contributed by atoms with van der Waals surface area (Å²) in [6, 6.07) is 19.5. The Morgan fingerprint density at radius 3 is 2.31 bits per heavy atom. The summed E-state index contributed by atoms with van der Waals surface area (Å²) in [6.07, 6.45) is 13.1. The van der Waals surface area contributed by atoms with Gasteiger partial charge in [-0.3, -0.25) is 4.68 Å². The molecule has 0 radical (unpaired) electrons. The van der Waals surface area contributed by atoms with E-state index in [2.05, 4.69) is 18.9 Å². The second-order valence-electron chi connectivity index (χ2n) is 11.0. The van der Waals surface area contributed by atoms with Gasteiger partial charge < -0.3 is 14.4 Å². The van der Waals surface area contributed by atoms with Crippen LogP contribution in [0.2, 0.25) is 0 Å². The molecule has 0 amide bonds. The number of aromatic nitrogens is 2. The predicted octanol–water partition coefficient (Wildman–Crippen LogP) is 5.62. The number of aryl methyl sites for hydroxylation is 1. The summed E-state index contributed by atoms with van der Waals surface area (Å²) < 4.78 is 44.8. The van der Waals surface area contributed by atoms with Crippen LogP contribution in [-0.4, -0.2) is 34.5 Å². The van der Waals surface area contributed by atoms with Crippen molar-refractivity contribution in [1.29, 1.82) is 0 Å². The monoisotopic (exact) mass is 658 g/mol. The Bertz CT molecular complexity index is 1580. The molecular formula is C35H43N2NaO5S2. The van der Waals surface area contributed by atoms with Gasteiger partial charge in [0.05, 0.1) is 17.7 Å². The predicted molar refractivity (Wildman–Crippen MR) is 175 cm³/mol. The van der Waals surface area contributed by atoms with E-state index in [1.165, 1.54) is 49.9 Å². The zero-order chi connectivity index (χ0) is 31.4. The van der Waals surface area contributed by atoms with Crippen LogP contribution in [0.25, 0.3) is 11.1 Å². The van der Waals surface area contributed by atoms with Crippen LogP contribution in [-0.2, 0) is 16.7 Å². The van der Waals surface area contributed by atoms with E-state index >= 15 is 0 Å². The molecule has 1 unspecified atom stereocenters. The number of rotatable bonds is 18. The van der Waals surface area contributed by atoms with Crippen LogP contribution >= 0.6 is 11.8 Å². The van der Waals surface area contributed by atoms with Crippen LogP contribution in [0, 0.1) is 0 Å². The molecule has 0 spiro atoms. The van der Waals surface area contributed by atoms with Crippen molar-refractivity contribution in [2.24, 2.45) is 0 Å². The van der Waals surface area contributed by atoms with Crippen molar-refractivity contribution in [2.45, 2.75) is 99.0 Å². The zero-order valence-electron chi connectivity index (χ0n) is 26.7. The van der Waals surface area contributed by atoms with E-state index in [1.807, 2.05) is 59.4 Å². The maximum Gasteiger partial charge on any atom is 1.00 e. The molecule has 4 aromatic rings. The van der Waals surface area contributed by atoms with Gasteiger partial charge in [0.25, 0.3) is 0 Å². The molecule has 0 aliphatic heterocycles. The number of hydrogen-bond acceptors (Lipinski definition) is 7. The molecule has 1 aromatic heterocycles. The van der Waals surface area contributed by atoms with Crippen molar-refractivity contribution in [3.05, 3.63) is 90.3 Å². The van der Waals surface area contributed by atoms with Crippen molar-refractivity contribution < 1.29 is 52.4 Å². The van der Waals surface area contributed by atoms with Gasteiger partial charge in [-0.1, -0.05) is 101 Å². The van der Waals surface area contributed by atoms with Crippen molar-refractivity contribution in [3.63, 3.8) is 0 Å². The molecule has 236 valence electrons. The molecule has 45 heavy (non-hydrogen) atoms. The van der Waals surface area contributed by atoms with E-state index in [9.17, 15) is 18.1 Å². The van der Waals surface area contributed by atoms with Crippen molar-refractivity contribution >= 4 is 21.9 Å². The van der Waals surface area contributed by atoms with Crippen molar-refractivity contribution in [2.75, 3.05) is 6.61 Å². The number of aliphatic hydroxyl groups excluding tert-OH is 1. The Morgan fingerprint density at radius 1 is 0.911 bits per heavy atom. The second kappa shape index (κ2) is 18.9. The summed E-state index contributed by atoms with van der Waals surface area (Å²) in [6.45, 7) is 5.75. The molecule has 4 rings (SSSR count). The largest absolute Gasteiger partial charge is 1.00 e. The summed E-state index contributed by atoms with van der Waals surface area (Å²) >= 11 is 1.21. The average molecular weight is 659 g/mol. The van der Waals surface area contributed by atoms with Gasteiger partial charge in [-0.2, -0.15) is 5.10 Å². The fraction of sp³-hybridized carbons (Fsp3) is 0.400. The van der Waals surface area contributed by atoms with Crippen LogP contribution in [0.1, 0.15) is 88.9 Å². The molecule has 7 nitrogen and oxygen atoms in total. The Morgan fingerprint density at radius 2 is 1.60 bits per heavy atom. The maximum atomic E-state index is 12.4. The van der Waals surface area contributed by atoms with Gasteiger partial charge in [0.2, 0.25) is 0 Å². The fourth-order valence-corrected chi connectivity index (χ4v) is 6.91. The SMILES string of the molecule is CCCCCCCCCn1cc(C(O)c2ccccc2-c2ccc(Sc3ccc(OCCCC)cc3)c(S(=O)(=O)[O-])c2)cn1.[Na+]. The number of benzene rings is 3. The Balaban J connectivity index is 0.00000552. The Hall–Kier alpha value is -2.11. The summed E-state index contributed by atoms with van der Waals surface area (Å²) in [4.78, 5) is 0.831. The number of nitrogens with zero attached hydrogens (tertiary/aromatic N) is 2. The first-order valence-corrected chi connectivity index (χ1v) is 17.8. The molecule has 0 bridgehead atoms. The van der Waals surface area contributed by atoms with E-state index in [0.29, 0.717) is 33.8 Å². The molecule has 10 heteroatoms. The minimum absolute atomic E-state index is 0. The van der Waals surface area contributed by atoms with Gasteiger partial charge in [0, 0.05) is 28.1 Å². The first-order chi connectivity index (χ1) is 21.3. The molecule has 0 saturated carbocycles. The standard InChI is InChI=1S/C35H44N2O5S2.Na/c1-3-5-7-8-9-10-13-22-37-26-28(25-36-37)35(38)32-15-12-11-14-31(32)27-16-21-33(34(24-27)44(39,40)41)43-30-19-17-29(18-20-30)42-23-6-4-2;/h11-12,14-21,24-26,35,38H,3-10,13,22-23H2,1-2H3,(H,39,40,41);/q;+1/p-1. The van der Waals surface area contributed by atoms with Gasteiger partial charge in [-0.15, -0.1) is 0 Å². The molecule has 0 aliphatic carbocycles. The number of unbranched alkanes of at least 4 members (excludes halogenated alkanes) is 7. The normalized spacial score (nSPS) is 12.1. The van der Waals surface area contributed by atoms with E-state index in [-0.39, 0.29) is 34.5 Å². The van der Waals surface area contributed by atoms with Crippen LogP contribution < -0.4 is 34.3 Å². The molecule has 1 atom stereocenters. The Kier molecular flexibility index (Phi) is 15.7. The second-order valence-corrected chi connectivity index (χ2v) is 13.5. The molecule has 3 aromatic carbocycles. The molecular weight excluding hydrogens is 616 g/mol. The van der Waals surface area contributed by atoms with Crippen molar-refractivity contribution in [1.82, 2.24) is 9.78 Å². The van der Waals surface area contributed by atoms with Crippen LogP contribution in [0.3, 0.4) is 0 Å². The van der Waals surface area contributed by atoms with Crippen LogP contribution in [0.15, 0.2) is 93.8 Å². The fourth-order valence-electron chi connectivity index (χ4n) is 5.07. The molecule has 0 fully saturated rings. The maximum absolute atomic E-state index is 12.4. The third kappa shape index (κ3) is 11.3. The van der Waals surface area contributed by atoms with Gasteiger partial charge in [-0.05, 0) is 65.9 Å². The van der Waals surface area contributed by atoms with Gasteiger partial charge >= 0.3 is 29.6 Å². The summed E-state index contributed by atoms with van der Waals surface area (Å²) in [5.74, 6) is 0.744. The smallest absolute Gasteiger partial charge is 0.744 e. The van der Waals surface area contributed by atoms with Gasteiger partial charge in [-0.25, -0.2) is 8.42 Å². The minimum Gasteiger partial charge on any atom is -0.744 e. The number of hydrogen-bond donors (Lipinski definition) is 1. The molecule has 1 N–H and O–H groups in total. The third-order valence-electron chi connectivity index (χ3n) is 7.56. The van der Waals surface area contributed by atoms with E-state index < -0.39 is 16.2 Å². The summed E-state index contributed by atoms with van der Waals surface area (Å²) in [5, 5.41) is 15.8. The first kappa shape index (κ1) is 37.3. The molecule has 0 saturated heterocycles. The van der Waals surface area contributed by atoms with Crippen molar-refractivity contribution in [3.8, 4) is 16.9 Å². The van der Waals surface area contributed by atoms with Gasteiger partial charge in [0.1, 0.15) is 22.0 Å². The quantitative estimate of drug-likeness (QED) is 0.0841. The Labute approximate surface area is 294 Å². The average Bonchev–Trinajstić information content (AvgIpc) is 3.50. The number of ether oxygens (including phenoxy) is 1. The summed E-state index contributed by atoms with van der Waals surface area (Å²) in [5.41, 5.74) is 2.45. The molecule has 0 aliphatic rings. The van der Waals surface area contributed by atoms with E-state index in [0.717, 1.165) is 42.9 Å². The van der Waals surface area contributed by atoms with E-state index in [4.69, 9.17) is 4.74 Å². The van der Waals surface area contributed by atoms with E-state index in [1.54, 1.807) is 18.3 Å². The topological polar surface area (TPSA) is 104 Å². The third-order valence-corrected chi connectivity index (χ3v) is 9.65. The van der Waals surface area contributed by atoms with Crippen LogP contribution in [0.5, 0.6) is 5.75 Å². The van der Waals surface area contributed by atoms with Crippen LogP contribution in [0.4, 0.5) is 0 Å². The first-order valence-electron chi connectivity index (χ1n) is 15.6. The minimum atomic E-state index is -4.78. The zero-order valence-corrected chi connectivity index (χ0v) is 30.3. The number of aliphatic hydroxyl groups is 1.